The first-order valence-corrected chi connectivity index (χ1v) is 7.30. The SMILES string of the molecule is CCOc1ccc(S(=O)(=O)CC(C)CN)cc1. The topological polar surface area (TPSA) is 69.4 Å². The van der Waals surface area contributed by atoms with Gasteiger partial charge in [0.1, 0.15) is 5.75 Å². The minimum Gasteiger partial charge on any atom is -0.494 e. The Morgan fingerprint density at radius 3 is 2.35 bits per heavy atom. The molecule has 1 aromatic carbocycles. The second-order valence-electron chi connectivity index (χ2n) is 4.03. The van der Waals surface area contributed by atoms with E-state index in [2.05, 4.69) is 0 Å². The highest BCUT2D eigenvalue weighted by Gasteiger charge is 2.17. The molecule has 0 aliphatic heterocycles. The van der Waals surface area contributed by atoms with E-state index in [0.29, 0.717) is 23.8 Å². The third kappa shape index (κ3) is 4.02. The fraction of sp³-hybridized carbons (Fsp3) is 0.500. The molecular formula is C12H19NO3S. The van der Waals surface area contributed by atoms with Crippen LogP contribution in [-0.4, -0.2) is 27.3 Å². The molecule has 17 heavy (non-hydrogen) atoms. The highest BCUT2D eigenvalue weighted by atomic mass is 32.2. The van der Waals surface area contributed by atoms with Gasteiger partial charge in [-0.25, -0.2) is 8.42 Å². The third-order valence-electron chi connectivity index (χ3n) is 2.40. The molecular weight excluding hydrogens is 238 g/mol. The normalized spacial score (nSPS) is 13.4. The lowest BCUT2D eigenvalue weighted by Crippen LogP contribution is -2.21. The van der Waals surface area contributed by atoms with Crippen molar-refractivity contribution < 1.29 is 13.2 Å². The molecule has 0 aliphatic rings. The number of benzene rings is 1. The van der Waals surface area contributed by atoms with Crippen LogP contribution in [0.2, 0.25) is 0 Å². The van der Waals surface area contributed by atoms with Crippen LogP contribution in [0, 0.1) is 5.92 Å². The van der Waals surface area contributed by atoms with Crippen LogP contribution in [0.5, 0.6) is 5.75 Å². The fourth-order valence-electron chi connectivity index (χ4n) is 1.45. The van der Waals surface area contributed by atoms with Gasteiger partial charge in [0.05, 0.1) is 17.3 Å². The minimum absolute atomic E-state index is 0.0356. The van der Waals surface area contributed by atoms with Crippen LogP contribution >= 0.6 is 0 Å². The first-order chi connectivity index (χ1) is 7.99. The zero-order valence-electron chi connectivity index (χ0n) is 10.2. The van der Waals surface area contributed by atoms with Crippen molar-refractivity contribution in [3.8, 4) is 5.75 Å². The number of ether oxygens (including phenoxy) is 1. The molecule has 0 aliphatic carbocycles. The van der Waals surface area contributed by atoms with E-state index in [-0.39, 0.29) is 11.7 Å². The Labute approximate surface area is 103 Å². The van der Waals surface area contributed by atoms with E-state index >= 15 is 0 Å². The molecule has 96 valence electrons. The van der Waals surface area contributed by atoms with Gasteiger partial charge in [0, 0.05) is 0 Å². The zero-order valence-corrected chi connectivity index (χ0v) is 11.0. The molecule has 0 fully saturated rings. The lowest BCUT2D eigenvalue weighted by atomic mass is 10.2. The van der Waals surface area contributed by atoms with Crippen molar-refractivity contribution >= 4 is 9.84 Å². The van der Waals surface area contributed by atoms with Gasteiger partial charge >= 0.3 is 0 Å². The number of sulfone groups is 1. The van der Waals surface area contributed by atoms with Gasteiger partial charge in [0.15, 0.2) is 9.84 Å². The summed E-state index contributed by atoms with van der Waals surface area (Å²) in [5.74, 6) is 0.724. The molecule has 1 rings (SSSR count). The highest BCUT2D eigenvalue weighted by Crippen LogP contribution is 2.18. The molecule has 1 atom stereocenters. The van der Waals surface area contributed by atoms with E-state index in [1.807, 2.05) is 13.8 Å². The Hall–Kier alpha value is -1.07. The lowest BCUT2D eigenvalue weighted by molar-refractivity contribution is 0.340. The molecule has 0 spiro atoms. The average Bonchev–Trinajstić information content (AvgIpc) is 2.29. The van der Waals surface area contributed by atoms with Crippen LogP contribution in [0.4, 0.5) is 0 Å². The minimum atomic E-state index is -3.24. The average molecular weight is 257 g/mol. The van der Waals surface area contributed by atoms with E-state index < -0.39 is 9.84 Å². The molecule has 1 unspecified atom stereocenters. The number of hydrogen-bond acceptors (Lipinski definition) is 4. The van der Waals surface area contributed by atoms with Crippen LogP contribution < -0.4 is 10.5 Å². The first kappa shape index (κ1) is 14.0. The summed E-state index contributed by atoms with van der Waals surface area (Å²) >= 11 is 0. The van der Waals surface area contributed by atoms with Crippen LogP contribution in [0.1, 0.15) is 13.8 Å². The van der Waals surface area contributed by atoms with Gasteiger partial charge in [0.25, 0.3) is 0 Å². The van der Waals surface area contributed by atoms with E-state index in [1.165, 1.54) is 0 Å². The van der Waals surface area contributed by atoms with Crippen molar-refractivity contribution in [2.75, 3.05) is 18.9 Å². The number of rotatable bonds is 6. The molecule has 0 saturated heterocycles. The summed E-state index contributed by atoms with van der Waals surface area (Å²) in [4.78, 5) is 0.321. The van der Waals surface area contributed by atoms with Gasteiger partial charge in [-0.1, -0.05) is 6.92 Å². The molecule has 0 radical (unpaired) electrons. The standard InChI is InChI=1S/C12H19NO3S/c1-3-16-11-4-6-12(7-5-11)17(14,15)9-10(2)8-13/h4-7,10H,3,8-9,13H2,1-2H3. The Bertz CT molecular complexity index is 439. The first-order valence-electron chi connectivity index (χ1n) is 5.65. The molecule has 0 amide bonds. The molecule has 2 N–H and O–H groups in total. The Morgan fingerprint density at radius 1 is 1.29 bits per heavy atom. The summed E-state index contributed by atoms with van der Waals surface area (Å²) in [6, 6.07) is 6.49. The Kier molecular flexibility index (Phi) is 4.96. The van der Waals surface area contributed by atoms with Crippen LogP contribution in [0.3, 0.4) is 0 Å². The molecule has 0 saturated carbocycles. The predicted octanol–water partition coefficient (Wildman–Crippen LogP) is 1.45. The van der Waals surface area contributed by atoms with Gasteiger partial charge in [-0.3, -0.25) is 0 Å². The lowest BCUT2D eigenvalue weighted by Gasteiger charge is -2.10. The van der Waals surface area contributed by atoms with E-state index in [9.17, 15) is 8.42 Å². The van der Waals surface area contributed by atoms with Crippen molar-refractivity contribution in [1.29, 1.82) is 0 Å². The van der Waals surface area contributed by atoms with Crippen LogP contribution in [0.25, 0.3) is 0 Å². The second-order valence-corrected chi connectivity index (χ2v) is 6.06. The van der Waals surface area contributed by atoms with Gasteiger partial charge in [0.2, 0.25) is 0 Å². The summed E-state index contributed by atoms with van der Waals surface area (Å²) in [6.45, 7) is 4.65. The van der Waals surface area contributed by atoms with Gasteiger partial charge in [-0.2, -0.15) is 0 Å². The monoisotopic (exact) mass is 257 g/mol. The van der Waals surface area contributed by atoms with E-state index in [0.717, 1.165) is 0 Å². The maximum atomic E-state index is 12.0. The van der Waals surface area contributed by atoms with Crippen molar-refractivity contribution in [3.05, 3.63) is 24.3 Å². The number of hydrogen-bond donors (Lipinski definition) is 1. The third-order valence-corrected chi connectivity index (χ3v) is 4.40. The van der Waals surface area contributed by atoms with E-state index in [4.69, 9.17) is 10.5 Å². The largest absolute Gasteiger partial charge is 0.494 e. The van der Waals surface area contributed by atoms with Gasteiger partial charge in [-0.15, -0.1) is 0 Å². The van der Waals surface area contributed by atoms with Crippen molar-refractivity contribution in [1.82, 2.24) is 0 Å². The highest BCUT2D eigenvalue weighted by molar-refractivity contribution is 7.91. The van der Waals surface area contributed by atoms with Crippen molar-refractivity contribution in [3.63, 3.8) is 0 Å². The molecule has 1 aromatic rings. The maximum absolute atomic E-state index is 12.0. The van der Waals surface area contributed by atoms with E-state index in [1.54, 1.807) is 24.3 Å². The maximum Gasteiger partial charge on any atom is 0.178 e. The second kappa shape index (κ2) is 6.02. The van der Waals surface area contributed by atoms with Gasteiger partial charge < -0.3 is 10.5 Å². The Morgan fingerprint density at radius 2 is 1.88 bits per heavy atom. The quantitative estimate of drug-likeness (QED) is 0.837. The molecule has 0 heterocycles. The predicted molar refractivity (Wildman–Crippen MR) is 67.9 cm³/mol. The summed E-state index contributed by atoms with van der Waals surface area (Å²) < 4.78 is 29.2. The summed E-state index contributed by atoms with van der Waals surface area (Å²) in [7, 11) is -3.24. The summed E-state index contributed by atoms with van der Waals surface area (Å²) in [5.41, 5.74) is 5.44. The summed E-state index contributed by atoms with van der Waals surface area (Å²) in [6.07, 6.45) is 0. The van der Waals surface area contributed by atoms with Crippen molar-refractivity contribution in [2.24, 2.45) is 11.7 Å². The van der Waals surface area contributed by atoms with Gasteiger partial charge in [-0.05, 0) is 43.7 Å². The summed E-state index contributed by atoms with van der Waals surface area (Å²) in [5, 5.41) is 0. The van der Waals surface area contributed by atoms with Crippen molar-refractivity contribution in [2.45, 2.75) is 18.7 Å². The Balaban J connectivity index is 2.85. The molecule has 0 bridgehead atoms. The fourth-order valence-corrected chi connectivity index (χ4v) is 3.08. The molecule has 5 heteroatoms. The molecule has 0 aromatic heterocycles. The zero-order chi connectivity index (χ0) is 12.9. The number of nitrogens with two attached hydrogens (primary N) is 1. The smallest absolute Gasteiger partial charge is 0.178 e. The van der Waals surface area contributed by atoms with Crippen LogP contribution in [-0.2, 0) is 9.84 Å². The molecule has 4 nitrogen and oxygen atoms in total. The van der Waals surface area contributed by atoms with Crippen LogP contribution in [0.15, 0.2) is 29.2 Å².